The Kier molecular flexibility index (Phi) is 97.6. The number of unbranched alkanes of at least 4 members (excludes halogenated alkanes) is 12. The van der Waals surface area contributed by atoms with E-state index in [1.807, 2.05) is 45.9 Å². The quantitative estimate of drug-likeness (QED) is 0.0264. The first-order valence-corrected chi connectivity index (χ1v) is 47.5. The molecule has 26 heteroatoms. The number of rotatable bonds is 66. The van der Waals surface area contributed by atoms with Gasteiger partial charge in [-0.05, 0) is 343 Å². The van der Waals surface area contributed by atoms with E-state index in [0.717, 1.165) is 321 Å². The van der Waals surface area contributed by atoms with Crippen LogP contribution in [-0.2, 0) is 81.0 Å². The zero-order valence-corrected chi connectivity index (χ0v) is 104. The van der Waals surface area contributed by atoms with E-state index in [-0.39, 0.29) is 232 Å². The second-order valence-electron chi connectivity index (χ2n) is 32.8. The van der Waals surface area contributed by atoms with Gasteiger partial charge in [0.05, 0.1) is 25.0 Å². The molecule has 2 N–H and O–H groups in total. The van der Waals surface area contributed by atoms with Crippen LogP contribution in [0.25, 0.3) is 11.4 Å². The van der Waals surface area contributed by atoms with Crippen molar-refractivity contribution in [3.63, 3.8) is 0 Å². The van der Waals surface area contributed by atoms with Gasteiger partial charge in [-0.15, -0.1) is 0 Å². The van der Waals surface area contributed by atoms with Crippen molar-refractivity contribution in [3.8, 4) is 22.9 Å². The Morgan fingerprint density at radius 1 is 0.316 bits per heavy atom. The van der Waals surface area contributed by atoms with Crippen LogP contribution in [0.15, 0.2) is 109 Å². The minimum absolute atomic E-state index is 0. The van der Waals surface area contributed by atoms with Gasteiger partial charge in [-0.1, -0.05) is 125 Å². The number of aromatic nitrogens is 3. The summed E-state index contributed by atoms with van der Waals surface area (Å²) in [6.07, 6.45) is 31.7. The van der Waals surface area contributed by atoms with Crippen LogP contribution in [0.2, 0.25) is 0 Å². The first-order chi connectivity index (χ1) is 63.0. The molecule has 0 bridgehead atoms. The molecule has 0 unspecified atom stereocenters. The van der Waals surface area contributed by atoms with Crippen LogP contribution in [0.1, 0.15) is 261 Å². The summed E-state index contributed by atoms with van der Waals surface area (Å²) in [7, 11) is 3.48. The molecular formula is C107H164Cs3N3O20. The minimum Gasteiger partial charge on any atom is -0.556 e. The van der Waals surface area contributed by atoms with Crippen molar-refractivity contribution in [3.05, 3.63) is 205 Å². The third kappa shape index (κ3) is 79.1. The molecule has 0 amide bonds. The van der Waals surface area contributed by atoms with E-state index in [9.17, 15) is 19.8 Å². The SMILES string of the molecule is COCCCCOCCCCOCCCCOc1cc(C)ccc1C.COCCCCOCCCCOCCCCc1cc(C)ccc1C.Cc1ccc(C)c(-c2n[c-]nc(C(=O)[O-])n2)c1.Cc1ccc(C)c(CCCC(=O)[O-])c1.Cc1ccc(C)c(CCCCOCCCCOCCCCO)c1.Cc1ccc(C)c(OCCCCOCCCCOCCCCO)c1.O=C=O.[Cs+].[Cs+].[Cs+]. The number of carbonyl (C=O) groups excluding carboxylic acids is 4. The largest absolute Gasteiger partial charge is 1.00 e. The summed E-state index contributed by atoms with van der Waals surface area (Å²) >= 11 is 0. The first-order valence-electron chi connectivity index (χ1n) is 47.5. The van der Waals surface area contributed by atoms with Crippen molar-refractivity contribution >= 4 is 18.1 Å². The van der Waals surface area contributed by atoms with Gasteiger partial charge in [-0.2, -0.15) is 9.59 Å². The standard InChI is InChI=1S/C21H36O4.C21H36O3.C20H34O4.C20H34O3.C12H10N3O2.C12H16O2.CO2.3Cs/c1-19-10-11-20(2)21(18-19)25-17-9-8-16-24-15-7-6-14-23-13-5-4-12-22-3;1-19-11-12-20(2)21(18-19)10-4-5-14-23-16-8-9-17-24-15-7-6-13-22-3;1-18-9-10-19(2)20(17-18)24-16-8-7-15-23-14-6-5-13-22-12-4-3-11-21;1-18-10-11-19(2)20(17-18)9-3-5-13-22-15-7-8-16-23-14-6-4-12-21;1-7-3-4-8(2)9(5-7)10-13-6-14-11(15-10)12(16)17;1-9-6-7-10(2)11(8-9)4-3-5-12(13)14;2-1-3;;;/h10-11,18H,4-9,12-17H2,1-3H3;11-12,18H,4-10,13-17H2,1-3H3;9-10,17,21H,3-8,11-16H2,1-2H3;10-11,17,21H,3-9,12-16H2,1-2H3;3-5H,1-2H3,(H,16,17);6-8H,3-5H2,1-2H3,(H,13,14);;;;/q;;;;-1;;;3*+1/p-2. The number of aromatic carboxylic acids is 1. The third-order valence-electron chi connectivity index (χ3n) is 20.7. The molecule has 7 rings (SSSR count). The van der Waals surface area contributed by atoms with Gasteiger partial charge in [0, 0.05) is 164 Å². The van der Waals surface area contributed by atoms with Gasteiger partial charge >= 0.3 is 213 Å². The summed E-state index contributed by atoms with van der Waals surface area (Å²) in [5, 5.41) is 38.2. The van der Waals surface area contributed by atoms with Crippen LogP contribution in [0.3, 0.4) is 0 Å². The van der Waals surface area contributed by atoms with Crippen LogP contribution >= 0.6 is 0 Å². The number of carboxylic acid groups (broad SMARTS) is 2. The molecule has 6 aromatic carbocycles. The number of carboxylic acids is 2. The number of ether oxygens (including phenoxy) is 12. The van der Waals surface area contributed by atoms with Crippen molar-refractivity contribution in [2.45, 2.75) is 269 Å². The smallest absolute Gasteiger partial charge is 0.556 e. The molecule has 0 aliphatic carbocycles. The molecule has 0 fully saturated rings. The van der Waals surface area contributed by atoms with Gasteiger partial charge in [0.25, 0.3) is 0 Å². The molecule has 0 aliphatic rings. The van der Waals surface area contributed by atoms with E-state index in [0.29, 0.717) is 12.2 Å². The van der Waals surface area contributed by atoms with Crippen LogP contribution in [0.4, 0.5) is 0 Å². The first kappa shape index (κ1) is 135. The number of aryl methyl sites for hydroxylation is 15. The van der Waals surface area contributed by atoms with Gasteiger partial charge in [0.15, 0.2) is 0 Å². The van der Waals surface area contributed by atoms with E-state index in [1.165, 1.54) is 85.2 Å². The predicted octanol–water partition coefficient (Wildman–Crippen LogP) is 9.95. The number of hydrogen-bond donors (Lipinski definition) is 2. The van der Waals surface area contributed by atoms with Gasteiger partial charge in [-0.3, -0.25) is 0 Å². The summed E-state index contributed by atoms with van der Waals surface area (Å²) in [6.45, 7) is 41.8. The number of aliphatic hydroxyl groups is 2. The summed E-state index contributed by atoms with van der Waals surface area (Å²) < 4.78 is 66.5. The van der Waals surface area contributed by atoms with Gasteiger partial charge in [0.2, 0.25) is 0 Å². The number of benzene rings is 6. The van der Waals surface area contributed by atoms with Crippen LogP contribution in [0.5, 0.6) is 11.5 Å². The second-order valence-corrected chi connectivity index (χ2v) is 32.8. The number of hydrogen-bond acceptors (Lipinski definition) is 23. The van der Waals surface area contributed by atoms with E-state index >= 15 is 0 Å². The monoisotopic (exact) mass is 2210 g/mol. The zero-order chi connectivity index (χ0) is 95.5. The summed E-state index contributed by atoms with van der Waals surface area (Å²) in [5.41, 5.74) is 19.8. The fourth-order valence-electron chi connectivity index (χ4n) is 12.8. The molecule has 133 heavy (non-hydrogen) atoms. The normalized spacial score (nSPS) is 10.4. The average molecular weight is 2210 g/mol. The van der Waals surface area contributed by atoms with Gasteiger partial charge in [-0.25, -0.2) is 0 Å². The van der Waals surface area contributed by atoms with Crippen molar-refractivity contribution in [2.75, 3.05) is 160 Å². The Morgan fingerprint density at radius 2 is 0.564 bits per heavy atom. The van der Waals surface area contributed by atoms with Crippen molar-refractivity contribution in [1.82, 2.24) is 15.0 Å². The Bertz CT molecular complexity index is 3910. The summed E-state index contributed by atoms with van der Waals surface area (Å²) in [4.78, 5) is 48.2. The number of aliphatic hydroxyl groups excluding tert-OH is 2. The Labute approximate surface area is 977 Å². The molecule has 730 valence electrons. The molecule has 0 saturated carbocycles. The summed E-state index contributed by atoms with van der Waals surface area (Å²) in [6, 6.07) is 38.1. The minimum atomic E-state index is -1.43. The molecule has 0 saturated heterocycles. The maximum Gasteiger partial charge on any atom is 1.00 e. The van der Waals surface area contributed by atoms with Gasteiger partial charge < -0.3 is 102 Å². The van der Waals surface area contributed by atoms with Gasteiger partial charge in [0.1, 0.15) is 11.5 Å². The third-order valence-corrected chi connectivity index (χ3v) is 20.7. The zero-order valence-electron chi connectivity index (χ0n) is 85.0. The molecule has 23 nitrogen and oxygen atoms in total. The summed E-state index contributed by atoms with van der Waals surface area (Å²) in [5.74, 6) is -0.514. The topological polar surface area (TPSA) is 304 Å². The van der Waals surface area contributed by atoms with Crippen molar-refractivity contribution in [2.24, 2.45) is 0 Å². The molecule has 0 aliphatic heterocycles. The number of aliphatic carboxylic acids is 1. The van der Waals surface area contributed by atoms with Crippen LogP contribution in [0, 0.1) is 89.4 Å². The maximum atomic E-state index is 10.7. The molecule has 0 atom stereocenters. The average Bonchev–Trinajstić information content (AvgIpc) is 0.825. The fourth-order valence-corrected chi connectivity index (χ4v) is 12.8. The second kappa shape index (κ2) is 96.1. The fraction of sp³-hybridized carbons (Fsp3) is 0.607. The number of methoxy groups -OCH3 is 2. The molecule has 0 radical (unpaired) electrons. The van der Waals surface area contributed by atoms with Crippen molar-refractivity contribution in [1.29, 1.82) is 0 Å². The molecule has 7 aromatic rings. The predicted molar refractivity (Wildman–Crippen MR) is 514 cm³/mol. The van der Waals surface area contributed by atoms with Crippen LogP contribution < -0.4 is 226 Å². The van der Waals surface area contributed by atoms with E-state index in [1.54, 1.807) is 14.2 Å². The van der Waals surface area contributed by atoms with E-state index in [2.05, 4.69) is 168 Å². The molecule has 1 heterocycles. The maximum absolute atomic E-state index is 10.7. The van der Waals surface area contributed by atoms with Crippen molar-refractivity contribution < 1.29 is 303 Å². The van der Waals surface area contributed by atoms with E-state index in [4.69, 9.17) is 76.6 Å². The number of carbonyl (C=O) groups is 2. The Balaban J connectivity index is -0.00000152. The van der Waals surface area contributed by atoms with E-state index < -0.39 is 17.8 Å². The Morgan fingerprint density at radius 3 is 0.850 bits per heavy atom. The molecular weight excluding hydrogens is 2050 g/mol. The van der Waals surface area contributed by atoms with Crippen LogP contribution in [-0.4, -0.2) is 203 Å². The molecule has 1 aromatic heterocycles. The number of nitrogens with zero attached hydrogens (tertiary/aromatic N) is 3. The molecule has 0 spiro atoms. The Hall–Kier alpha value is -2.07.